The number of piperidine rings is 1. The van der Waals surface area contributed by atoms with Crippen molar-refractivity contribution in [3.05, 3.63) is 46.5 Å². The van der Waals surface area contributed by atoms with Gasteiger partial charge in [0.25, 0.3) is 0 Å². The molecule has 1 aromatic rings. The van der Waals surface area contributed by atoms with Crippen LogP contribution < -0.4 is 0 Å². The summed E-state index contributed by atoms with van der Waals surface area (Å²) in [7, 11) is 0. The van der Waals surface area contributed by atoms with Crippen molar-refractivity contribution in [1.29, 1.82) is 0 Å². The molecule has 1 unspecified atom stereocenters. The normalized spacial score (nSPS) is 22.5. The quantitative estimate of drug-likeness (QED) is 0.579. The molecule has 1 aliphatic heterocycles. The molecule has 1 heterocycles. The minimum atomic E-state index is -1.06. The van der Waals surface area contributed by atoms with Crippen molar-refractivity contribution in [2.45, 2.75) is 17.7 Å². The SMILES string of the molecule is O=C(O)/C=C1\CN([C@H](C(=O)O)c2ccccc2Cl)CCC1S. The fourth-order valence-corrected chi connectivity index (χ4v) is 3.11. The first-order valence-corrected chi connectivity index (χ1v) is 7.62. The van der Waals surface area contributed by atoms with E-state index in [4.69, 9.17) is 16.7 Å². The Morgan fingerprint density at radius 1 is 1.36 bits per heavy atom. The standard InChI is InChI=1S/C15H16ClNO4S/c16-11-4-2-1-3-10(11)14(15(20)21)17-6-5-12(22)9(8-17)7-13(18)19/h1-4,7,12,14,22H,5-6,8H2,(H,18,19)(H,20,21)/b9-7+/t12?,14-/m0/s1. The summed E-state index contributed by atoms with van der Waals surface area (Å²) in [6.45, 7) is 0.746. The van der Waals surface area contributed by atoms with Crippen LogP contribution in [0, 0.1) is 0 Å². The molecule has 1 aromatic carbocycles. The Bertz CT molecular complexity index is 619. The lowest BCUT2D eigenvalue weighted by Crippen LogP contribution is -2.42. The van der Waals surface area contributed by atoms with E-state index in [0.29, 0.717) is 29.1 Å². The first-order chi connectivity index (χ1) is 10.4. The minimum Gasteiger partial charge on any atom is -0.480 e. The van der Waals surface area contributed by atoms with Gasteiger partial charge in [-0.3, -0.25) is 9.69 Å². The molecule has 2 rings (SSSR count). The monoisotopic (exact) mass is 341 g/mol. The summed E-state index contributed by atoms with van der Waals surface area (Å²) in [6, 6.07) is 5.88. The molecular weight excluding hydrogens is 326 g/mol. The Balaban J connectivity index is 2.32. The molecule has 2 N–H and O–H groups in total. The molecule has 5 nitrogen and oxygen atoms in total. The highest BCUT2D eigenvalue weighted by atomic mass is 35.5. The minimum absolute atomic E-state index is 0.173. The molecule has 0 amide bonds. The molecule has 0 bridgehead atoms. The van der Waals surface area contributed by atoms with E-state index < -0.39 is 18.0 Å². The molecule has 118 valence electrons. The molecule has 0 aliphatic carbocycles. The molecule has 2 atom stereocenters. The summed E-state index contributed by atoms with van der Waals surface area (Å²) in [6.07, 6.45) is 1.69. The number of carboxylic acids is 2. The Hall–Kier alpha value is -1.50. The van der Waals surface area contributed by atoms with E-state index in [1.165, 1.54) is 0 Å². The number of aliphatic carboxylic acids is 2. The van der Waals surface area contributed by atoms with E-state index in [-0.39, 0.29) is 11.8 Å². The van der Waals surface area contributed by atoms with Crippen molar-refractivity contribution in [3.63, 3.8) is 0 Å². The smallest absolute Gasteiger partial charge is 0.328 e. The summed E-state index contributed by atoms with van der Waals surface area (Å²) < 4.78 is 0. The lowest BCUT2D eigenvalue weighted by molar-refractivity contribution is -0.143. The van der Waals surface area contributed by atoms with Gasteiger partial charge in [-0.1, -0.05) is 29.8 Å². The maximum atomic E-state index is 11.7. The predicted octanol–water partition coefficient (Wildman–Crippen LogP) is 2.48. The summed E-state index contributed by atoms with van der Waals surface area (Å²) in [5.74, 6) is -2.07. The topological polar surface area (TPSA) is 77.8 Å². The van der Waals surface area contributed by atoms with Crippen LogP contribution in [0.5, 0.6) is 0 Å². The molecule has 1 fully saturated rings. The Morgan fingerprint density at radius 2 is 2.05 bits per heavy atom. The van der Waals surface area contributed by atoms with Crippen LogP contribution in [0.3, 0.4) is 0 Å². The second kappa shape index (κ2) is 7.17. The van der Waals surface area contributed by atoms with E-state index in [2.05, 4.69) is 12.6 Å². The summed E-state index contributed by atoms with van der Waals surface area (Å²) in [5, 5.41) is 18.7. The van der Waals surface area contributed by atoms with Gasteiger partial charge < -0.3 is 10.2 Å². The largest absolute Gasteiger partial charge is 0.480 e. The number of likely N-dealkylation sites (tertiary alicyclic amines) is 1. The zero-order valence-electron chi connectivity index (χ0n) is 11.6. The number of carbonyl (C=O) groups is 2. The first kappa shape index (κ1) is 16.9. The van der Waals surface area contributed by atoms with Gasteiger partial charge in [-0.15, -0.1) is 0 Å². The average Bonchev–Trinajstić information content (AvgIpc) is 2.44. The van der Waals surface area contributed by atoms with Gasteiger partial charge in [0.2, 0.25) is 0 Å². The second-order valence-corrected chi connectivity index (χ2v) is 6.13. The Kier molecular flexibility index (Phi) is 5.50. The number of benzene rings is 1. The Labute approximate surface area is 138 Å². The van der Waals surface area contributed by atoms with Crippen molar-refractivity contribution >= 4 is 36.2 Å². The molecule has 22 heavy (non-hydrogen) atoms. The average molecular weight is 342 g/mol. The third-order valence-electron chi connectivity index (χ3n) is 3.61. The first-order valence-electron chi connectivity index (χ1n) is 6.73. The van der Waals surface area contributed by atoms with Crippen LogP contribution >= 0.6 is 24.2 Å². The third kappa shape index (κ3) is 3.82. The van der Waals surface area contributed by atoms with Gasteiger partial charge in [0.1, 0.15) is 6.04 Å². The maximum Gasteiger partial charge on any atom is 0.328 e. The lowest BCUT2D eigenvalue weighted by atomic mass is 9.98. The van der Waals surface area contributed by atoms with Gasteiger partial charge in [0.05, 0.1) is 0 Å². The summed E-state index contributed by atoms with van der Waals surface area (Å²) >= 11 is 10.5. The van der Waals surface area contributed by atoms with Gasteiger partial charge in [-0.25, -0.2) is 4.79 Å². The number of hydrogen-bond donors (Lipinski definition) is 3. The van der Waals surface area contributed by atoms with Crippen molar-refractivity contribution in [2.75, 3.05) is 13.1 Å². The number of carboxylic acid groups (broad SMARTS) is 2. The van der Waals surface area contributed by atoms with Gasteiger partial charge in [-0.05, 0) is 23.6 Å². The van der Waals surface area contributed by atoms with E-state index in [1.54, 1.807) is 29.2 Å². The van der Waals surface area contributed by atoms with Crippen LogP contribution in [-0.4, -0.2) is 45.4 Å². The molecule has 0 spiro atoms. The third-order valence-corrected chi connectivity index (χ3v) is 4.55. The van der Waals surface area contributed by atoms with Gasteiger partial charge in [0, 0.05) is 29.4 Å². The van der Waals surface area contributed by atoms with Crippen LogP contribution in [0.15, 0.2) is 35.9 Å². The highest BCUT2D eigenvalue weighted by molar-refractivity contribution is 7.81. The van der Waals surface area contributed by atoms with Gasteiger partial charge in [0.15, 0.2) is 0 Å². The number of thiol groups is 1. The predicted molar refractivity (Wildman–Crippen MR) is 86.5 cm³/mol. The van der Waals surface area contributed by atoms with Gasteiger partial charge in [-0.2, -0.15) is 12.6 Å². The second-order valence-electron chi connectivity index (χ2n) is 5.09. The number of rotatable bonds is 4. The molecular formula is C15H16ClNO4S. The molecule has 1 aliphatic rings. The highest BCUT2D eigenvalue weighted by Crippen LogP contribution is 2.32. The number of nitrogens with zero attached hydrogens (tertiary/aromatic N) is 1. The van der Waals surface area contributed by atoms with Crippen molar-refractivity contribution in [2.24, 2.45) is 0 Å². The molecule has 1 saturated heterocycles. The molecule has 0 saturated carbocycles. The molecule has 7 heteroatoms. The fraction of sp³-hybridized carbons (Fsp3) is 0.333. The van der Waals surface area contributed by atoms with Crippen LogP contribution in [0.4, 0.5) is 0 Å². The summed E-state index contributed by atoms with van der Waals surface area (Å²) in [4.78, 5) is 24.3. The van der Waals surface area contributed by atoms with Gasteiger partial charge >= 0.3 is 11.9 Å². The molecule has 0 radical (unpaired) electrons. The van der Waals surface area contributed by atoms with Crippen LogP contribution in [0.2, 0.25) is 5.02 Å². The molecule has 0 aromatic heterocycles. The van der Waals surface area contributed by atoms with Crippen molar-refractivity contribution in [1.82, 2.24) is 4.90 Å². The van der Waals surface area contributed by atoms with Crippen molar-refractivity contribution < 1.29 is 19.8 Å². The zero-order valence-corrected chi connectivity index (χ0v) is 13.3. The maximum absolute atomic E-state index is 11.7. The van der Waals surface area contributed by atoms with Crippen molar-refractivity contribution in [3.8, 4) is 0 Å². The van der Waals surface area contributed by atoms with E-state index >= 15 is 0 Å². The zero-order chi connectivity index (χ0) is 16.3. The number of halogens is 1. The number of hydrogen-bond acceptors (Lipinski definition) is 4. The van der Waals surface area contributed by atoms with Crippen LogP contribution in [0.1, 0.15) is 18.0 Å². The van der Waals surface area contributed by atoms with E-state index in [9.17, 15) is 14.7 Å². The van der Waals surface area contributed by atoms with Crippen LogP contribution in [-0.2, 0) is 9.59 Å². The van der Waals surface area contributed by atoms with E-state index in [0.717, 1.165) is 6.08 Å². The van der Waals surface area contributed by atoms with Crippen LogP contribution in [0.25, 0.3) is 0 Å². The highest BCUT2D eigenvalue weighted by Gasteiger charge is 2.33. The summed E-state index contributed by atoms with van der Waals surface area (Å²) in [5.41, 5.74) is 1.10. The van der Waals surface area contributed by atoms with E-state index in [1.807, 2.05) is 0 Å². The fourth-order valence-electron chi connectivity index (χ4n) is 2.60. The lowest BCUT2D eigenvalue weighted by Gasteiger charge is -2.36. The Morgan fingerprint density at radius 3 is 2.64 bits per heavy atom.